The van der Waals surface area contributed by atoms with Gasteiger partial charge in [-0.05, 0) is 56.5 Å². The molecule has 0 radical (unpaired) electrons. The van der Waals surface area contributed by atoms with Gasteiger partial charge in [-0.15, -0.1) is 0 Å². The van der Waals surface area contributed by atoms with Crippen molar-refractivity contribution in [3.63, 3.8) is 0 Å². The van der Waals surface area contributed by atoms with Crippen molar-refractivity contribution in [3.05, 3.63) is 32.7 Å². The molecule has 0 spiro atoms. The van der Waals surface area contributed by atoms with E-state index >= 15 is 0 Å². The molecule has 0 aliphatic heterocycles. The molecule has 16 heavy (non-hydrogen) atoms. The predicted octanol–water partition coefficient (Wildman–Crippen LogP) is 3.20. The van der Waals surface area contributed by atoms with Gasteiger partial charge in [0.25, 0.3) is 0 Å². The Kier molecular flexibility index (Phi) is 5.44. The van der Waals surface area contributed by atoms with Crippen molar-refractivity contribution in [3.8, 4) is 0 Å². The molecule has 3 nitrogen and oxygen atoms in total. The summed E-state index contributed by atoms with van der Waals surface area (Å²) >= 11 is 6.67. The number of ether oxygens (including phenoxy) is 1. The lowest BCUT2D eigenvalue weighted by Gasteiger charge is -2.11. The number of carbonyl (C=O) groups is 1. The fourth-order valence-electron chi connectivity index (χ4n) is 1.22. The van der Waals surface area contributed by atoms with Crippen molar-refractivity contribution in [1.29, 1.82) is 0 Å². The quantitative estimate of drug-likeness (QED) is 0.847. The molecular weight excluding hydrogens is 340 g/mol. The van der Waals surface area contributed by atoms with E-state index < -0.39 is 12.1 Å². The van der Waals surface area contributed by atoms with Crippen LogP contribution in [0.5, 0.6) is 0 Å². The van der Waals surface area contributed by atoms with E-state index in [9.17, 15) is 9.90 Å². The minimum absolute atomic E-state index is 0.0259. The van der Waals surface area contributed by atoms with Gasteiger partial charge in [-0.1, -0.05) is 6.07 Å². The van der Waals surface area contributed by atoms with Gasteiger partial charge in [-0.25, -0.2) is 0 Å². The van der Waals surface area contributed by atoms with Crippen molar-refractivity contribution in [1.82, 2.24) is 0 Å². The van der Waals surface area contributed by atoms with Crippen LogP contribution < -0.4 is 0 Å². The van der Waals surface area contributed by atoms with Gasteiger partial charge in [0.1, 0.15) is 0 Å². The van der Waals surface area contributed by atoms with Gasteiger partial charge in [0.15, 0.2) is 0 Å². The molecule has 0 amide bonds. The second-order valence-corrected chi connectivity index (χ2v) is 4.91. The molecule has 5 heteroatoms. The lowest BCUT2D eigenvalue weighted by molar-refractivity contribution is -0.145. The summed E-state index contributed by atoms with van der Waals surface area (Å²) in [7, 11) is 0. The maximum atomic E-state index is 11.2. The molecule has 0 aliphatic carbocycles. The molecular formula is C11H12Br2O3. The average molecular weight is 352 g/mol. The molecule has 0 aromatic heterocycles. The Hall–Kier alpha value is -0.390. The zero-order valence-electron chi connectivity index (χ0n) is 8.74. The van der Waals surface area contributed by atoms with E-state index in [0.717, 1.165) is 8.95 Å². The first kappa shape index (κ1) is 13.7. The zero-order valence-corrected chi connectivity index (χ0v) is 11.9. The summed E-state index contributed by atoms with van der Waals surface area (Å²) in [5.74, 6) is -0.394. The lowest BCUT2D eigenvalue weighted by Crippen LogP contribution is -2.10. The molecule has 0 bridgehead atoms. The van der Waals surface area contributed by atoms with Gasteiger partial charge in [-0.3, -0.25) is 4.79 Å². The van der Waals surface area contributed by atoms with E-state index in [2.05, 4.69) is 31.9 Å². The Morgan fingerprint density at radius 2 is 2.12 bits per heavy atom. The molecule has 1 rings (SSSR count). The standard InChI is InChI=1S/C11H12Br2O3/c1-2-16-11(15)6-10(14)7-3-4-8(12)9(13)5-7/h3-5,10,14H,2,6H2,1H3. The minimum Gasteiger partial charge on any atom is -0.466 e. The van der Waals surface area contributed by atoms with Crippen LogP contribution in [-0.2, 0) is 9.53 Å². The van der Waals surface area contributed by atoms with E-state index in [-0.39, 0.29) is 6.42 Å². The third-order valence-electron chi connectivity index (χ3n) is 1.99. The van der Waals surface area contributed by atoms with Gasteiger partial charge in [0.2, 0.25) is 0 Å². The maximum Gasteiger partial charge on any atom is 0.308 e. The summed E-state index contributed by atoms with van der Waals surface area (Å²) in [6, 6.07) is 5.35. The third-order valence-corrected chi connectivity index (χ3v) is 3.87. The smallest absolute Gasteiger partial charge is 0.308 e. The van der Waals surface area contributed by atoms with Crippen LogP contribution >= 0.6 is 31.9 Å². The molecule has 1 aromatic rings. The first-order valence-electron chi connectivity index (χ1n) is 4.83. The molecule has 0 aliphatic rings. The second-order valence-electron chi connectivity index (χ2n) is 3.20. The molecule has 1 atom stereocenters. The van der Waals surface area contributed by atoms with E-state index in [1.807, 2.05) is 6.07 Å². The summed E-state index contributed by atoms with van der Waals surface area (Å²) in [5.41, 5.74) is 0.683. The second kappa shape index (κ2) is 6.37. The Balaban J connectivity index is 2.69. The summed E-state index contributed by atoms with van der Waals surface area (Å²) in [6.07, 6.45) is -0.856. The van der Waals surface area contributed by atoms with Gasteiger partial charge in [0.05, 0.1) is 19.1 Å². The zero-order chi connectivity index (χ0) is 12.1. The normalized spacial score (nSPS) is 12.2. The van der Waals surface area contributed by atoms with E-state index in [1.165, 1.54) is 0 Å². The van der Waals surface area contributed by atoms with Crippen LogP contribution in [0.2, 0.25) is 0 Å². The van der Waals surface area contributed by atoms with E-state index in [1.54, 1.807) is 19.1 Å². The van der Waals surface area contributed by atoms with Crippen LogP contribution in [0.1, 0.15) is 25.0 Å². The average Bonchev–Trinajstić information content (AvgIpc) is 2.22. The topological polar surface area (TPSA) is 46.5 Å². The van der Waals surface area contributed by atoms with Crippen molar-refractivity contribution in [2.75, 3.05) is 6.61 Å². The molecule has 0 fully saturated rings. The van der Waals surface area contributed by atoms with Crippen LogP contribution in [0, 0.1) is 0 Å². The Labute approximate surface area is 111 Å². The van der Waals surface area contributed by atoms with E-state index in [0.29, 0.717) is 12.2 Å². The summed E-state index contributed by atoms with van der Waals surface area (Å²) in [4.78, 5) is 11.2. The van der Waals surface area contributed by atoms with E-state index in [4.69, 9.17) is 4.74 Å². The number of aliphatic hydroxyl groups excluding tert-OH is 1. The summed E-state index contributed by atoms with van der Waals surface area (Å²) < 4.78 is 6.51. The van der Waals surface area contributed by atoms with Crippen molar-refractivity contribution >= 4 is 37.8 Å². The highest BCUT2D eigenvalue weighted by Gasteiger charge is 2.14. The molecule has 1 unspecified atom stereocenters. The highest BCUT2D eigenvalue weighted by atomic mass is 79.9. The SMILES string of the molecule is CCOC(=O)CC(O)c1ccc(Br)c(Br)c1. The number of benzene rings is 1. The minimum atomic E-state index is -0.830. The maximum absolute atomic E-state index is 11.2. The third kappa shape index (κ3) is 3.88. The fourth-order valence-corrected chi connectivity index (χ4v) is 1.86. The molecule has 1 N–H and O–H groups in total. The monoisotopic (exact) mass is 350 g/mol. The van der Waals surface area contributed by atoms with Gasteiger partial charge in [0, 0.05) is 8.95 Å². The Morgan fingerprint density at radius 1 is 1.44 bits per heavy atom. The molecule has 0 saturated carbocycles. The van der Waals surface area contributed by atoms with Gasteiger partial charge < -0.3 is 9.84 Å². The largest absolute Gasteiger partial charge is 0.466 e. The van der Waals surface area contributed by atoms with Crippen LogP contribution in [-0.4, -0.2) is 17.7 Å². The first-order chi connectivity index (χ1) is 7.54. The highest BCUT2D eigenvalue weighted by Crippen LogP contribution is 2.27. The van der Waals surface area contributed by atoms with Gasteiger partial charge in [-0.2, -0.15) is 0 Å². The predicted molar refractivity (Wildman–Crippen MR) is 68.1 cm³/mol. The van der Waals surface area contributed by atoms with Crippen molar-refractivity contribution in [2.24, 2.45) is 0 Å². The Bertz CT molecular complexity index is 379. The molecule has 0 heterocycles. The molecule has 88 valence electrons. The van der Waals surface area contributed by atoms with Crippen LogP contribution in [0.25, 0.3) is 0 Å². The first-order valence-corrected chi connectivity index (χ1v) is 6.41. The van der Waals surface area contributed by atoms with Gasteiger partial charge >= 0.3 is 5.97 Å². The summed E-state index contributed by atoms with van der Waals surface area (Å²) in [6.45, 7) is 2.07. The number of hydrogen-bond donors (Lipinski definition) is 1. The lowest BCUT2D eigenvalue weighted by atomic mass is 10.1. The number of rotatable bonds is 4. The Morgan fingerprint density at radius 3 is 2.69 bits per heavy atom. The van der Waals surface area contributed by atoms with Crippen molar-refractivity contribution < 1.29 is 14.6 Å². The number of carbonyl (C=O) groups excluding carboxylic acids is 1. The fraction of sp³-hybridized carbons (Fsp3) is 0.364. The number of esters is 1. The summed E-state index contributed by atoms with van der Waals surface area (Å²) in [5, 5.41) is 9.80. The van der Waals surface area contributed by atoms with Crippen LogP contribution in [0.4, 0.5) is 0 Å². The number of halogens is 2. The van der Waals surface area contributed by atoms with Crippen molar-refractivity contribution in [2.45, 2.75) is 19.4 Å². The molecule has 0 saturated heterocycles. The number of aliphatic hydroxyl groups is 1. The number of hydrogen-bond acceptors (Lipinski definition) is 3. The van der Waals surface area contributed by atoms with Crippen LogP contribution in [0.3, 0.4) is 0 Å². The molecule has 1 aromatic carbocycles. The van der Waals surface area contributed by atoms with Crippen LogP contribution in [0.15, 0.2) is 27.1 Å². The highest BCUT2D eigenvalue weighted by molar-refractivity contribution is 9.13.